The quantitative estimate of drug-likeness (QED) is 0.708. The molecule has 1 N–H and O–H groups in total. The number of hydrogen-bond donors (Lipinski definition) is 1. The molecule has 3 rings (SSSR count). The molecule has 0 aliphatic rings. The fourth-order valence-electron chi connectivity index (χ4n) is 1.87. The average molecular weight is 317 g/mol. The van der Waals surface area contributed by atoms with Gasteiger partial charge in [-0.05, 0) is 24.3 Å². The molecule has 0 bridgehead atoms. The molecule has 0 aromatic carbocycles. The van der Waals surface area contributed by atoms with Gasteiger partial charge in [-0.3, -0.25) is 4.79 Å². The first-order valence-corrected chi connectivity index (χ1v) is 7.70. The van der Waals surface area contributed by atoms with Crippen LogP contribution >= 0.6 is 11.8 Å². The van der Waals surface area contributed by atoms with E-state index in [2.05, 4.69) is 10.3 Å². The number of carbonyl (C=O) groups excluding carboxylic acids is 1. The van der Waals surface area contributed by atoms with Crippen molar-refractivity contribution in [1.29, 1.82) is 0 Å². The summed E-state index contributed by atoms with van der Waals surface area (Å²) in [7, 11) is 1.94. The molecule has 0 aliphatic carbocycles. The molecule has 3 aromatic rings. The van der Waals surface area contributed by atoms with Gasteiger partial charge in [-0.25, -0.2) is 4.98 Å². The first kappa shape index (κ1) is 14.5. The van der Waals surface area contributed by atoms with Gasteiger partial charge in [0.2, 0.25) is 0 Å². The van der Waals surface area contributed by atoms with E-state index in [1.807, 2.05) is 17.8 Å². The van der Waals surface area contributed by atoms with Crippen LogP contribution in [0.2, 0.25) is 0 Å². The van der Waals surface area contributed by atoms with E-state index >= 15 is 0 Å². The zero-order valence-corrected chi connectivity index (χ0v) is 12.8. The SMILES string of the molecule is Cn1ccnc1SCc1ccc(C(=O)NCc2ccco2)o1. The van der Waals surface area contributed by atoms with Gasteiger partial charge in [-0.2, -0.15) is 0 Å². The molecule has 3 aromatic heterocycles. The minimum absolute atomic E-state index is 0.260. The van der Waals surface area contributed by atoms with E-state index in [1.165, 1.54) is 0 Å². The Labute approximate surface area is 131 Å². The number of nitrogens with one attached hydrogen (secondary N) is 1. The first-order valence-electron chi connectivity index (χ1n) is 6.72. The molecule has 0 spiro atoms. The summed E-state index contributed by atoms with van der Waals surface area (Å²) in [6, 6.07) is 7.06. The molecule has 7 heteroatoms. The summed E-state index contributed by atoms with van der Waals surface area (Å²) >= 11 is 1.55. The van der Waals surface area contributed by atoms with Gasteiger partial charge in [-0.1, -0.05) is 11.8 Å². The van der Waals surface area contributed by atoms with Gasteiger partial charge in [0.05, 0.1) is 18.6 Å². The third-order valence-electron chi connectivity index (χ3n) is 3.01. The highest BCUT2D eigenvalue weighted by molar-refractivity contribution is 7.98. The second-order valence-electron chi connectivity index (χ2n) is 4.64. The number of rotatable bonds is 6. The van der Waals surface area contributed by atoms with Crippen LogP contribution in [-0.4, -0.2) is 15.5 Å². The Morgan fingerprint density at radius 1 is 1.36 bits per heavy atom. The van der Waals surface area contributed by atoms with Gasteiger partial charge in [0.15, 0.2) is 10.9 Å². The van der Waals surface area contributed by atoms with Crippen molar-refractivity contribution in [3.8, 4) is 0 Å². The number of hydrogen-bond acceptors (Lipinski definition) is 5. The molecular formula is C15H15N3O3S. The lowest BCUT2D eigenvalue weighted by Crippen LogP contribution is -2.21. The molecule has 0 unspecified atom stereocenters. The summed E-state index contributed by atoms with van der Waals surface area (Å²) in [5.41, 5.74) is 0. The molecule has 22 heavy (non-hydrogen) atoms. The van der Waals surface area contributed by atoms with Crippen molar-refractivity contribution < 1.29 is 13.6 Å². The van der Waals surface area contributed by atoms with E-state index in [0.29, 0.717) is 23.8 Å². The number of thioether (sulfide) groups is 1. The third-order valence-corrected chi connectivity index (χ3v) is 4.09. The number of imidazole rings is 1. The van der Waals surface area contributed by atoms with E-state index in [-0.39, 0.29) is 5.91 Å². The van der Waals surface area contributed by atoms with Gasteiger partial charge in [0, 0.05) is 19.4 Å². The van der Waals surface area contributed by atoms with Gasteiger partial charge >= 0.3 is 0 Å². The highest BCUT2D eigenvalue weighted by Gasteiger charge is 2.12. The zero-order chi connectivity index (χ0) is 15.4. The predicted molar refractivity (Wildman–Crippen MR) is 81.4 cm³/mol. The van der Waals surface area contributed by atoms with Crippen molar-refractivity contribution in [2.75, 3.05) is 0 Å². The standard InChI is InChI=1S/C15H15N3O3S/c1-18-7-6-16-15(18)22-10-12-4-5-13(21-12)14(19)17-9-11-3-2-8-20-11/h2-8H,9-10H2,1H3,(H,17,19). The number of carbonyl (C=O) groups is 1. The van der Waals surface area contributed by atoms with Crippen molar-refractivity contribution in [2.45, 2.75) is 17.5 Å². The van der Waals surface area contributed by atoms with Gasteiger partial charge < -0.3 is 18.7 Å². The van der Waals surface area contributed by atoms with Crippen LogP contribution < -0.4 is 5.32 Å². The highest BCUT2D eigenvalue weighted by atomic mass is 32.2. The Morgan fingerprint density at radius 2 is 2.27 bits per heavy atom. The minimum atomic E-state index is -0.260. The molecule has 0 fully saturated rings. The van der Waals surface area contributed by atoms with E-state index in [0.717, 1.165) is 10.9 Å². The zero-order valence-electron chi connectivity index (χ0n) is 12.0. The Balaban J connectivity index is 1.54. The number of furan rings is 2. The summed E-state index contributed by atoms with van der Waals surface area (Å²) in [5.74, 6) is 2.09. The third kappa shape index (κ3) is 3.43. The molecule has 114 valence electrons. The summed E-state index contributed by atoms with van der Waals surface area (Å²) in [4.78, 5) is 16.2. The molecule has 0 atom stereocenters. The lowest BCUT2D eigenvalue weighted by atomic mass is 10.4. The van der Waals surface area contributed by atoms with Gasteiger partial charge in [-0.15, -0.1) is 0 Å². The summed E-state index contributed by atoms with van der Waals surface area (Å²) < 4.78 is 12.6. The van der Waals surface area contributed by atoms with Crippen LogP contribution in [0.3, 0.4) is 0 Å². The summed E-state index contributed by atoms with van der Waals surface area (Å²) in [6.07, 6.45) is 5.21. The van der Waals surface area contributed by atoms with Crippen LogP contribution in [-0.2, 0) is 19.3 Å². The molecular weight excluding hydrogens is 302 g/mol. The maximum Gasteiger partial charge on any atom is 0.287 e. The number of aryl methyl sites for hydroxylation is 1. The topological polar surface area (TPSA) is 73.2 Å². The van der Waals surface area contributed by atoms with Crippen molar-refractivity contribution >= 4 is 17.7 Å². The van der Waals surface area contributed by atoms with Crippen LogP contribution in [0, 0.1) is 0 Å². The summed E-state index contributed by atoms with van der Waals surface area (Å²) in [5, 5.41) is 3.65. The normalized spacial score (nSPS) is 10.8. The van der Waals surface area contributed by atoms with E-state index < -0.39 is 0 Å². The maximum absolute atomic E-state index is 12.0. The summed E-state index contributed by atoms with van der Waals surface area (Å²) in [6.45, 7) is 0.337. The van der Waals surface area contributed by atoms with Crippen LogP contribution in [0.5, 0.6) is 0 Å². The second kappa shape index (κ2) is 6.57. The first-order chi connectivity index (χ1) is 10.7. The lowest BCUT2D eigenvalue weighted by Gasteiger charge is -2.01. The monoisotopic (exact) mass is 317 g/mol. The number of nitrogens with zero attached hydrogens (tertiary/aromatic N) is 2. The molecule has 0 saturated carbocycles. The van der Waals surface area contributed by atoms with Crippen molar-refractivity contribution in [1.82, 2.24) is 14.9 Å². The van der Waals surface area contributed by atoms with Crippen LogP contribution in [0.4, 0.5) is 0 Å². The minimum Gasteiger partial charge on any atom is -0.467 e. The van der Waals surface area contributed by atoms with E-state index in [9.17, 15) is 4.79 Å². The smallest absolute Gasteiger partial charge is 0.287 e. The molecule has 0 aliphatic heterocycles. The molecule has 1 amide bonds. The second-order valence-corrected chi connectivity index (χ2v) is 5.58. The van der Waals surface area contributed by atoms with Crippen molar-refractivity contribution in [3.63, 3.8) is 0 Å². The highest BCUT2D eigenvalue weighted by Crippen LogP contribution is 2.21. The lowest BCUT2D eigenvalue weighted by molar-refractivity contribution is 0.0919. The van der Waals surface area contributed by atoms with Gasteiger partial charge in [0.1, 0.15) is 11.5 Å². The largest absolute Gasteiger partial charge is 0.467 e. The molecule has 6 nitrogen and oxygen atoms in total. The Hall–Kier alpha value is -2.41. The van der Waals surface area contributed by atoms with E-state index in [1.54, 1.807) is 48.5 Å². The van der Waals surface area contributed by atoms with Crippen molar-refractivity contribution in [3.05, 3.63) is 60.2 Å². The molecule has 0 radical (unpaired) electrons. The van der Waals surface area contributed by atoms with Crippen LogP contribution in [0.1, 0.15) is 22.1 Å². The number of aromatic nitrogens is 2. The van der Waals surface area contributed by atoms with Gasteiger partial charge in [0.25, 0.3) is 5.91 Å². The predicted octanol–water partition coefficient (Wildman–Crippen LogP) is 2.83. The Morgan fingerprint density at radius 3 is 3.00 bits per heavy atom. The Kier molecular flexibility index (Phi) is 4.34. The Bertz CT molecular complexity index is 746. The maximum atomic E-state index is 12.0. The van der Waals surface area contributed by atoms with Crippen LogP contribution in [0.15, 0.2) is 56.9 Å². The number of amides is 1. The van der Waals surface area contributed by atoms with E-state index in [4.69, 9.17) is 8.83 Å². The molecule has 3 heterocycles. The fourth-order valence-corrected chi connectivity index (χ4v) is 2.70. The average Bonchev–Trinajstić information content (AvgIpc) is 3.25. The van der Waals surface area contributed by atoms with Crippen LogP contribution in [0.25, 0.3) is 0 Å². The fraction of sp³-hybridized carbons (Fsp3) is 0.200. The molecule has 0 saturated heterocycles. The van der Waals surface area contributed by atoms with Crippen molar-refractivity contribution in [2.24, 2.45) is 7.05 Å².